The molecule has 1 atom stereocenters. The second kappa shape index (κ2) is 13.0. The first-order valence-electron chi connectivity index (χ1n) is 9.59. The maximum absolute atomic E-state index is 2.60. The van der Waals surface area contributed by atoms with Gasteiger partial charge in [0, 0.05) is 9.52 Å². The Hall–Kier alpha value is 0.631. The molecule has 0 radical (unpaired) electrons. The van der Waals surface area contributed by atoms with Gasteiger partial charge in [-0.05, 0) is 23.8 Å². The fraction of sp³-hybridized carbons (Fsp3) is 0.591. The zero-order valence-electron chi connectivity index (χ0n) is 17.2. The summed E-state index contributed by atoms with van der Waals surface area (Å²) >= 11 is 0. The molecule has 0 amide bonds. The quantitative estimate of drug-likeness (QED) is 0.306. The first-order valence-corrected chi connectivity index (χ1v) is 11.0. The van der Waals surface area contributed by atoms with Crippen LogP contribution in [-0.4, -0.2) is 9.52 Å². The molecule has 0 saturated heterocycles. The Morgan fingerprint density at radius 3 is 1.96 bits per heavy atom. The summed E-state index contributed by atoms with van der Waals surface area (Å²) in [6, 6.07) is 0. The Bertz CT molecular complexity index is 604. The van der Waals surface area contributed by atoms with Gasteiger partial charge >= 0.3 is 21.7 Å². The van der Waals surface area contributed by atoms with Gasteiger partial charge in [0.05, 0.1) is 0 Å². The molecule has 3 rings (SSSR count). The number of hydrogen-bond acceptors (Lipinski definition) is 0. The fourth-order valence-corrected chi connectivity index (χ4v) is 7.83. The van der Waals surface area contributed by atoms with E-state index in [0.29, 0.717) is 5.04 Å². The molecule has 1 aromatic carbocycles. The van der Waals surface area contributed by atoms with E-state index in [4.69, 9.17) is 0 Å². The van der Waals surface area contributed by atoms with Gasteiger partial charge in [0.15, 0.2) is 0 Å². The maximum atomic E-state index is 2.60. The third-order valence-electron chi connectivity index (χ3n) is 6.76. The van der Waals surface area contributed by atoms with E-state index in [1.807, 2.05) is 0 Å². The number of allylic oxidation sites excluding steroid dienone is 4. The van der Waals surface area contributed by atoms with Gasteiger partial charge in [0.25, 0.3) is 0 Å². The maximum Gasteiger partial charge on any atom is 4.00 e. The van der Waals surface area contributed by atoms with Gasteiger partial charge in [-0.1, -0.05) is 84.1 Å². The third-order valence-corrected chi connectivity index (χ3v) is 9.69. The number of halogens is 3. The first-order chi connectivity index (χ1) is 11.0. The summed E-state index contributed by atoms with van der Waals surface area (Å²) in [5.74, 6) is 0.977. The molecular weight excluding hydrogens is 447 g/mol. The molecule has 0 bridgehead atoms. The summed E-state index contributed by atoms with van der Waals surface area (Å²) in [6.07, 6.45) is 19.7. The summed E-state index contributed by atoms with van der Waals surface area (Å²) < 4.78 is 0. The average molecular weight is 480 g/mol. The zero-order valence-corrected chi connectivity index (χ0v) is 22.4. The van der Waals surface area contributed by atoms with Gasteiger partial charge in [0.2, 0.25) is 0 Å². The van der Waals surface area contributed by atoms with Crippen molar-refractivity contribution in [3.63, 3.8) is 0 Å². The average Bonchev–Trinajstić information content (AvgIpc) is 2.74. The normalized spacial score (nSPS) is 21.9. The van der Waals surface area contributed by atoms with Crippen LogP contribution in [0, 0.1) is 33.6 Å². The minimum Gasteiger partial charge on any atom is -1.00 e. The van der Waals surface area contributed by atoms with Crippen molar-refractivity contribution in [3.8, 4) is 0 Å². The molecule has 2 aliphatic rings. The Kier molecular flexibility index (Phi) is 14.4. The van der Waals surface area contributed by atoms with Crippen LogP contribution >= 0.6 is 0 Å². The smallest absolute Gasteiger partial charge is 1.00 e. The SMILES string of the molecule is Cc1c(C)c(C)[c-]([SiH2]C2(CC3CCCCC3)C=CC=CC2)c1C.[Cl-].[Cl-].[Cl-].[Ti+4]. The van der Waals surface area contributed by atoms with Crippen LogP contribution in [0.2, 0.25) is 5.04 Å². The van der Waals surface area contributed by atoms with Crippen LogP contribution in [0.3, 0.4) is 0 Å². The van der Waals surface area contributed by atoms with Crippen molar-refractivity contribution in [2.75, 3.05) is 0 Å². The molecule has 0 heterocycles. The minimum absolute atomic E-state index is 0. The van der Waals surface area contributed by atoms with Gasteiger partial charge in [-0.2, -0.15) is 27.4 Å². The summed E-state index contributed by atoms with van der Waals surface area (Å²) in [7, 11) is -0.306. The summed E-state index contributed by atoms with van der Waals surface area (Å²) in [5.41, 5.74) is 6.32. The van der Waals surface area contributed by atoms with Crippen molar-refractivity contribution in [1.82, 2.24) is 0 Å². The largest absolute Gasteiger partial charge is 4.00 e. The molecule has 1 saturated carbocycles. The second-order valence-corrected chi connectivity index (χ2v) is 10.7. The molecule has 1 aromatic rings. The molecule has 2 aliphatic carbocycles. The van der Waals surface area contributed by atoms with E-state index in [9.17, 15) is 0 Å². The molecule has 0 spiro atoms. The monoisotopic (exact) mass is 478 g/mol. The molecule has 0 N–H and O–H groups in total. The zero-order chi connectivity index (χ0) is 16.4. The van der Waals surface area contributed by atoms with Gasteiger partial charge in [-0.25, -0.2) is 0 Å². The van der Waals surface area contributed by atoms with E-state index >= 15 is 0 Å². The van der Waals surface area contributed by atoms with Crippen molar-refractivity contribution in [2.45, 2.75) is 77.7 Å². The second-order valence-electron chi connectivity index (χ2n) is 8.22. The standard InChI is InChI=1S/C22H33Si.3ClH.Ti/c1-16-17(2)19(4)21(18(16)3)23-22(13-9-6-10-14-22)15-20-11-7-5-8-12-20;;;;/h6,9-10,13,20H,5,7-8,11-12,14-15,23H2,1-4H3;3*1H;/q-1;;;;+4/p-3. The van der Waals surface area contributed by atoms with Gasteiger partial charge in [0.1, 0.15) is 0 Å². The summed E-state index contributed by atoms with van der Waals surface area (Å²) in [4.78, 5) is 0. The van der Waals surface area contributed by atoms with Crippen LogP contribution < -0.4 is 42.4 Å². The van der Waals surface area contributed by atoms with E-state index < -0.39 is 0 Å². The molecule has 150 valence electrons. The van der Waals surface area contributed by atoms with Crippen molar-refractivity contribution >= 4 is 14.7 Å². The van der Waals surface area contributed by atoms with E-state index in [0.717, 1.165) is 5.92 Å². The Morgan fingerprint density at radius 2 is 1.48 bits per heavy atom. The molecule has 0 aliphatic heterocycles. The minimum atomic E-state index is -0.306. The predicted molar refractivity (Wildman–Crippen MR) is 106 cm³/mol. The van der Waals surface area contributed by atoms with E-state index in [-0.39, 0.29) is 68.5 Å². The van der Waals surface area contributed by atoms with Crippen LogP contribution in [0.25, 0.3) is 0 Å². The van der Waals surface area contributed by atoms with Crippen LogP contribution in [0.1, 0.15) is 67.2 Å². The van der Waals surface area contributed by atoms with Gasteiger partial charge in [-0.15, -0.1) is 0 Å². The number of rotatable bonds is 4. The summed E-state index contributed by atoms with van der Waals surface area (Å²) in [5, 5.41) is 2.27. The van der Waals surface area contributed by atoms with E-state index in [1.165, 1.54) is 44.9 Å². The van der Waals surface area contributed by atoms with Crippen LogP contribution in [-0.2, 0) is 21.7 Å². The van der Waals surface area contributed by atoms with Crippen LogP contribution in [0.4, 0.5) is 0 Å². The van der Waals surface area contributed by atoms with Crippen LogP contribution in [0.15, 0.2) is 24.3 Å². The van der Waals surface area contributed by atoms with E-state index in [2.05, 4.69) is 52.0 Å². The molecule has 0 nitrogen and oxygen atoms in total. The topological polar surface area (TPSA) is 0 Å². The van der Waals surface area contributed by atoms with Crippen molar-refractivity contribution < 1.29 is 58.9 Å². The first kappa shape index (κ1) is 29.8. The molecule has 1 fully saturated rings. The van der Waals surface area contributed by atoms with Crippen molar-refractivity contribution in [2.24, 2.45) is 5.92 Å². The van der Waals surface area contributed by atoms with Crippen molar-refractivity contribution in [1.29, 1.82) is 0 Å². The molecule has 0 aromatic heterocycles. The Labute approximate surface area is 202 Å². The Balaban J connectivity index is 0. The molecular formula is C22H33Cl3SiTi. The summed E-state index contributed by atoms with van der Waals surface area (Å²) in [6.45, 7) is 9.38. The molecule has 27 heavy (non-hydrogen) atoms. The fourth-order valence-electron chi connectivity index (χ4n) is 4.94. The Morgan fingerprint density at radius 1 is 0.926 bits per heavy atom. The predicted octanol–water partition coefficient (Wildman–Crippen LogP) is -3.91. The number of hydrogen-bond donors (Lipinski definition) is 0. The van der Waals surface area contributed by atoms with Crippen LogP contribution in [0.5, 0.6) is 0 Å². The van der Waals surface area contributed by atoms with Gasteiger partial charge < -0.3 is 37.2 Å². The molecule has 1 unspecified atom stereocenters. The van der Waals surface area contributed by atoms with Gasteiger partial charge in [-0.3, -0.25) is 0 Å². The third kappa shape index (κ3) is 6.83. The van der Waals surface area contributed by atoms with E-state index in [1.54, 1.807) is 27.4 Å². The molecule has 5 heteroatoms. The van der Waals surface area contributed by atoms with Crippen molar-refractivity contribution in [3.05, 3.63) is 46.6 Å².